The number of benzene rings is 1. The Hall–Kier alpha value is -3.02. The zero-order chi connectivity index (χ0) is 15.0. The maximum atomic E-state index is 10.9. The van der Waals surface area contributed by atoms with E-state index in [1.807, 2.05) is 19.1 Å². The van der Waals surface area contributed by atoms with Gasteiger partial charge in [0.05, 0.1) is 16.1 Å². The van der Waals surface area contributed by atoms with Crippen LogP contribution in [0, 0.1) is 10.1 Å². The van der Waals surface area contributed by atoms with Gasteiger partial charge in [0, 0.05) is 29.3 Å². The number of hydrogen-bond acceptors (Lipinski definition) is 4. The normalized spacial score (nSPS) is 10.7. The summed E-state index contributed by atoms with van der Waals surface area (Å²) in [7, 11) is 0. The van der Waals surface area contributed by atoms with Crippen LogP contribution >= 0.6 is 0 Å². The van der Waals surface area contributed by atoms with Crippen molar-refractivity contribution in [3.63, 3.8) is 0 Å². The first-order valence-electron chi connectivity index (χ1n) is 6.31. The molecule has 3 rings (SSSR count). The minimum atomic E-state index is -0.415. The lowest BCUT2D eigenvalue weighted by atomic mass is 10.1. The molecule has 0 fully saturated rings. The molecule has 2 heterocycles. The molecule has 0 saturated heterocycles. The lowest BCUT2D eigenvalue weighted by Gasteiger charge is -2.02. The number of aromatic amines is 1. The van der Waals surface area contributed by atoms with E-state index in [0.29, 0.717) is 11.1 Å². The van der Waals surface area contributed by atoms with E-state index >= 15 is 0 Å². The van der Waals surface area contributed by atoms with Gasteiger partial charge in [-0.15, -0.1) is 0 Å². The first-order chi connectivity index (χ1) is 10.1. The molecule has 0 aliphatic heterocycles. The minimum absolute atomic E-state index is 0.0410. The van der Waals surface area contributed by atoms with E-state index in [0.717, 1.165) is 22.3 Å². The fraction of sp³-hybridized carbons (Fsp3) is 0.0667. The Morgan fingerprint density at radius 1 is 1.33 bits per heavy atom. The van der Waals surface area contributed by atoms with E-state index in [9.17, 15) is 10.1 Å². The number of nitrogens with one attached hydrogen (secondary N) is 1. The molecule has 0 spiro atoms. The number of H-pyrrole nitrogens is 1. The average Bonchev–Trinajstić information content (AvgIpc) is 2.90. The molecular formula is C15H12N4O2. The standard InChI is InChI=1S/C15H12N4O2/c1-9(2)14-7-10(5-6-16-14)15-12-8-11(19(20)21)3-4-13(12)17-18-15/h3-8H,1H2,2H3,(H,17,18). The van der Waals surface area contributed by atoms with Gasteiger partial charge in [-0.05, 0) is 30.7 Å². The Labute approximate surface area is 120 Å². The van der Waals surface area contributed by atoms with Gasteiger partial charge >= 0.3 is 0 Å². The predicted molar refractivity (Wildman–Crippen MR) is 80.7 cm³/mol. The van der Waals surface area contributed by atoms with Crippen molar-refractivity contribution < 1.29 is 4.92 Å². The number of rotatable bonds is 3. The number of allylic oxidation sites excluding steroid dienone is 1. The summed E-state index contributed by atoms with van der Waals surface area (Å²) in [6.07, 6.45) is 1.68. The van der Waals surface area contributed by atoms with E-state index in [4.69, 9.17) is 0 Å². The second-order valence-corrected chi connectivity index (χ2v) is 4.77. The molecule has 0 amide bonds. The van der Waals surface area contributed by atoms with Gasteiger partial charge in [0.15, 0.2) is 0 Å². The van der Waals surface area contributed by atoms with Gasteiger partial charge in [-0.2, -0.15) is 5.10 Å². The largest absolute Gasteiger partial charge is 0.277 e. The smallest absolute Gasteiger partial charge is 0.270 e. The molecule has 0 unspecified atom stereocenters. The van der Waals surface area contributed by atoms with Gasteiger partial charge in [0.2, 0.25) is 0 Å². The van der Waals surface area contributed by atoms with Crippen molar-refractivity contribution in [2.24, 2.45) is 0 Å². The van der Waals surface area contributed by atoms with Crippen molar-refractivity contribution in [1.29, 1.82) is 0 Å². The quantitative estimate of drug-likeness (QED) is 0.587. The van der Waals surface area contributed by atoms with Gasteiger partial charge in [-0.25, -0.2) is 0 Å². The summed E-state index contributed by atoms with van der Waals surface area (Å²) >= 11 is 0. The number of hydrogen-bond donors (Lipinski definition) is 1. The van der Waals surface area contributed by atoms with E-state index in [-0.39, 0.29) is 5.69 Å². The lowest BCUT2D eigenvalue weighted by molar-refractivity contribution is -0.384. The molecule has 0 saturated carbocycles. The topological polar surface area (TPSA) is 84.7 Å². The minimum Gasteiger partial charge on any atom is -0.277 e. The van der Waals surface area contributed by atoms with Crippen molar-refractivity contribution >= 4 is 22.2 Å². The van der Waals surface area contributed by atoms with Crippen molar-refractivity contribution in [2.45, 2.75) is 6.92 Å². The molecule has 0 atom stereocenters. The predicted octanol–water partition coefficient (Wildman–Crippen LogP) is 3.57. The van der Waals surface area contributed by atoms with Gasteiger partial charge in [-0.3, -0.25) is 20.2 Å². The summed E-state index contributed by atoms with van der Waals surface area (Å²) in [5.74, 6) is 0. The Morgan fingerprint density at radius 2 is 2.14 bits per heavy atom. The molecule has 1 aromatic carbocycles. The molecule has 1 N–H and O–H groups in total. The molecule has 0 aliphatic carbocycles. The van der Waals surface area contributed by atoms with Gasteiger partial charge < -0.3 is 0 Å². The summed E-state index contributed by atoms with van der Waals surface area (Å²) in [5, 5.41) is 18.8. The molecule has 104 valence electrons. The second-order valence-electron chi connectivity index (χ2n) is 4.77. The number of nitrogens with zero attached hydrogens (tertiary/aromatic N) is 3. The summed E-state index contributed by atoms with van der Waals surface area (Å²) < 4.78 is 0. The molecular weight excluding hydrogens is 268 g/mol. The number of aromatic nitrogens is 3. The highest BCUT2D eigenvalue weighted by molar-refractivity contribution is 5.94. The van der Waals surface area contributed by atoms with Crippen LogP contribution in [0.4, 0.5) is 5.69 Å². The number of pyridine rings is 1. The van der Waals surface area contributed by atoms with Crippen LogP contribution in [0.3, 0.4) is 0 Å². The number of non-ortho nitro benzene ring substituents is 1. The van der Waals surface area contributed by atoms with Crippen LogP contribution in [0.25, 0.3) is 27.7 Å². The fourth-order valence-electron chi connectivity index (χ4n) is 2.15. The van der Waals surface area contributed by atoms with E-state index in [1.54, 1.807) is 12.3 Å². The summed E-state index contributed by atoms with van der Waals surface area (Å²) in [6, 6.07) is 8.33. The van der Waals surface area contributed by atoms with E-state index in [1.165, 1.54) is 12.1 Å². The van der Waals surface area contributed by atoms with Gasteiger partial charge in [-0.1, -0.05) is 6.58 Å². The molecule has 3 aromatic rings. The second kappa shape index (κ2) is 4.82. The lowest BCUT2D eigenvalue weighted by Crippen LogP contribution is -1.88. The Morgan fingerprint density at radius 3 is 2.86 bits per heavy atom. The molecule has 0 bridgehead atoms. The monoisotopic (exact) mass is 280 g/mol. The third-order valence-corrected chi connectivity index (χ3v) is 3.23. The highest BCUT2D eigenvalue weighted by Gasteiger charge is 2.13. The van der Waals surface area contributed by atoms with Crippen molar-refractivity contribution in [1.82, 2.24) is 15.2 Å². The highest BCUT2D eigenvalue weighted by atomic mass is 16.6. The SMILES string of the molecule is C=C(C)c1cc(-c2n[nH]c3ccc([N+](=O)[O-])cc23)ccn1. The zero-order valence-electron chi connectivity index (χ0n) is 11.3. The molecule has 0 radical (unpaired) electrons. The van der Waals surface area contributed by atoms with Crippen molar-refractivity contribution in [3.05, 3.63) is 58.9 Å². The summed E-state index contributed by atoms with van der Waals surface area (Å²) in [5.41, 5.74) is 3.92. The van der Waals surface area contributed by atoms with Crippen LogP contribution in [-0.2, 0) is 0 Å². The third-order valence-electron chi connectivity index (χ3n) is 3.23. The van der Waals surface area contributed by atoms with Gasteiger partial charge in [0.25, 0.3) is 5.69 Å². The summed E-state index contributed by atoms with van der Waals surface area (Å²) in [6.45, 7) is 5.74. The highest BCUT2D eigenvalue weighted by Crippen LogP contribution is 2.29. The summed E-state index contributed by atoms with van der Waals surface area (Å²) in [4.78, 5) is 14.7. The third kappa shape index (κ3) is 2.27. The first-order valence-corrected chi connectivity index (χ1v) is 6.31. The Kier molecular flexibility index (Phi) is 2.98. The first kappa shape index (κ1) is 13.0. The zero-order valence-corrected chi connectivity index (χ0v) is 11.3. The van der Waals surface area contributed by atoms with Crippen LogP contribution in [0.5, 0.6) is 0 Å². The van der Waals surface area contributed by atoms with E-state index in [2.05, 4.69) is 21.8 Å². The van der Waals surface area contributed by atoms with Crippen LogP contribution < -0.4 is 0 Å². The Balaban J connectivity index is 2.20. The van der Waals surface area contributed by atoms with Crippen LogP contribution in [0.1, 0.15) is 12.6 Å². The van der Waals surface area contributed by atoms with Crippen LogP contribution in [-0.4, -0.2) is 20.1 Å². The molecule has 0 aliphatic rings. The number of nitro groups is 1. The molecule has 2 aromatic heterocycles. The maximum absolute atomic E-state index is 10.9. The van der Waals surface area contributed by atoms with E-state index < -0.39 is 4.92 Å². The molecule has 6 heteroatoms. The van der Waals surface area contributed by atoms with Crippen molar-refractivity contribution in [3.8, 4) is 11.3 Å². The Bertz CT molecular complexity index is 867. The van der Waals surface area contributed by atoms with Gasteiger partial charge in [0.1, 0.15) is 5.69 Å². The van der Waals surface area contributed by atoms with Crippen LogP contribution in [0.15, 0.2) is 43.1 Å². The molecule has 6 nitrogen and oxygen atoms in total. The van der Waals surface area contributed by atoms with Crippen molar-refractivity contribution in [2.75, 3.05) is 0 Å². The average molecular weight is 280 g/mol. The molecule has 21 heavy (non-hydrogen) atoms. The number of fused-ring (bicyclic) bond motifs is 1. The maximum Gasteiger partial charge on any atom is 0.270 e. The number of nitro benzene ring substituents is 1. The van der Waals surface area contributed by atoms with Crippen LogP contribution in [0.2, 0.25) is 0 Å². The fourth-order valence-corrected chi connectivity index (χ4v) is 2.15.